The highest BCUT2D eigenvalue weighted by atomic mass is 19.1. The Labute approximate surface area is 113 Å². The number of nitrogens with zero attached hydrogens (tertiary/aromatic N) is 1. The highest BCUT2D eigenvalue weighted by Crippen LogP contribution is 2.32. The van der Waals surface area contributed by atoms with Crippen LogP contribution in [0.4, 0.5) is 15.8 Å². The van der Waals surface area contributed by atoms with Crippen LogP contribution >= 0.6 is 0 Å². The summed E-state index contributed by atoms with van der Waals surface area (Å²) in [7, 11) is 0. The Morgan fingerprint density at radius 2 is 1.84 bits per heavy atom. The first-order valence-corrected chi connectivity index (χ1v) is 6.49. The van der Waals surface area contributed by atoms with E-state index in [1.807, 2.05) is 49.1 Å². The molecule has 0 amide bonds. The van der Waals surface area contributed by atoms with Crippen LogP contribution in [0.25, 0.3) is 0 Å². The van der Waals surface area contributed by atoms with Gasteiger partial charge in [0.1, 0.15) is 5.82 Å². The minimum atomic E-state index is -0.229. The van der Waals surface area contributed by atoms with Crippen LogP contribution in [0.3, 0.4) is 0 Å². The van der Waals surface area contributed by atoms with Gasteiger partial charge in [0.25, 0.3) is 0 Å². The number of anilines is 2. The second-order valence-electron chi connectivity index (χ2n) is 4.48. The third-order valence-electron chi connectivity index (χ3n) is 3.28. The summed E-state index contributed by atoms with van der Waals surface area (Å²) < 4.78 is 14.2. The molecule has 0 spiro atoms. The fourth-order valence-electron chi connectivity index (χ4n) is 2.34. The maximum absolute atomic E-state index is 14.2. The van der Waals surface area contributed by atoms with Crippen LogP contribution in [0.15, 0.2) is 42.5 Å². The molecule has 2 N–H and O–H groups in total. The summed E-state index contributed by atoms with van der Waals surface area (Å²) in [6.07, 6.45) is 0. The molecule has 2 nitrogen and oxygen atoms in total. The molecule has 0 bridgehead atoms. The van der Waals surface area contributed by atoms with Crippen LogP contribution in [-0.4, -0.2) is 6.54 Å². The fourth-order valence-corrected chi connectivity index (χ4v) is 2.34. The van der Waals surface area contributed by atoms with Gasteiger partial charge in [0.2, 0.25) is 0 Å². The zero-order valence-electron chi connectivity index (χ0n) is 11.4. The maximum Gasteiger partial charge on any atom is 0.147 e. The van der Waals surface area contributed by atoms with Gasteiger partial charge in [0.15, 0.2) is 0 Å². The smallest absolute Gasteiger partial charge is 0.147 e. The van der Waals surface area contributed by atoms with Crippen molar-refractivity contribution in [3.05, 3.63) is 59.4 Å². The quantitative estimate of drug-likeness (QED) is 0.905. The van der Waals surface area contributed by atoms with Crippen molar-refractivity contribution in [3.63, 3.8) is 0 Å². The van der Waals surface area contributed by atoms with Crippen LogP contribution in [0, 0.1) is 12.7 Å². The number of aryl methyl sites for hydroxylation is 1. The molecule has 19 heavy (non-hydrogen) atoms. The summed E-state index contributed by atoms with van der Waals surface area (Å²) >= 11 is 0. The highest BCUT2D eigenvalue weighted by Gasteiger charge is 2.16. The average molecular weight is 258 g/mol. The van der Waals surface area contributed by atoms with E-state index in [1.165, 1.54) is 6.07 Å². The molecule has 0 saturated heterocycles. The average Bonchev–Trinajstić information content (AvgIpc) is 2.43. The standard InChI is InChI=1S/C16H19FN2/c1-3-19(15-10-5-4-7-12(15)2)16-13(11-18)8-6-9-14(16)17/h4-10H,3,11,18H2,1-2H3. The van der Waals surface area contributed by atoms with Gasteiger partial charge < -0.3 is 10.6 Å². The molecule has 0 unspecified atom stereocenters. The van der Waals surface area contributed by atoms with Gasteiger partial charge in [-0.2, -0.15) is 0 Å². The molecule has 0 heterocycles. The maximum atomic E-state index is 14.2. The monoisotopic (exact) mass is 258 g/mol. The summed E-state index contributed by atoms with van der Waals surface area (Å²) in [5.41, 5.74) is 9.28. The fraction of sp³-hybridized carbons (Fsp3) is 0.250. The van der Waals surface area contributed by atoms with Crippen LogP contribution in [0.2, 0.25) is 0 Å². The molecule has 3 heteroatoms. The number of benzene rings is 2. The van der Waals surface area contributed by atoms with Crippen LogP contribution in [0.1, 0.15) is 18.1 Å². The largest absolute Gasteiger partial charge is 0.339 e. The first-order valence-electron chi connectivity index (χ1n) is 6.49. The predicted molar refractivity (Wildman–Crippen MR) is 78.2 cm³/mol. The van der Waals surface area contributed by atoms with E-state index in [0.717, 1.165) is 16.8 Å². The second-order valence-corrected chi connectivity index (χ2v) is 4.48. The number of para-hydroxylation sites is 2. The number of hydrogen-bond acceptors (Lipinski definition) is 2. The van der Waals surface area contributed by atoms with Gasteiger partial charge in [0.05, 0.1) is 5.69 Å². The van der Waals surface area contributed by atoms with Crippen LogP contribution < -0.4 is 10.6 Å². The summed E-state index contributed by atoms with van der Waals surface area (Å²) in [5.74, 6) is -0.229. The molecule has 100 valence electrons. The summed E-state index contributed by atoms with van der Waals surface area (Å²) in [5, 5.41) is 0. The highest BCUT2D eigenvalue weighted by molar-refractivity contribution is 5.69. The third-order valence-corrected chi connectivity index (χ3v) is 3.28. The molecule has 0 radical (unpaired) electrons. The van der Waals surface area contributed by atoms with E-state index in [-0.39, 0.29) is 5.82 Å². The molecule has 0 aromatic heterocycles. The minimum absolute atomic E-state index is 0.229. The van der Waals surface area contributed by atoms with E-state index in [1.54, 1.807) is 6.07 Å². The van der Waals surface area contributed by atoms with Crippen LogP contribution in [-0.2, 0) is 6.54 Å². The van der Waals surface area contributed by atoms with Gasteiger partial charge >= 0.3 is 0 Å². The Morgan fingerprint density at radius 3 is 2.47 bits per heavy atom. The molecule has 0 aliphatic heterocycles. The molecule has 0 fully saturated rings. The zero-order valence-corrected chi connectivity index (χ0v) is 11.4. The Balaban J connectivity index is 2.58. The van der Waals surface area contributed by atoms with E-state index in [4.69, 9.17) is 5.73 Å². The van der Waals surface area contributed by atoms with Crippen molar-refractivity contribution in [2.45, 2.75) is 20.4 Å². The molecular weight excluding hydrogens is 239 g/mol. The number of rotatable bonds is 4. The lowest BCUT2D eigenvalue weighted by Gasteiger charge is -2.27. The first-order chi connectivity index (χ1) is 9.19. The Morgan fingerprint density at radius 1 is 1.11 bits per heavy atom. The number of halogens is 1. The first kappa shape index (κ1) is 13.6. The summed E-state index contributed by atoms with van der Waals surface area (Å²) in [6.45, 7) is 5.06. The normalized spacial score (nSPS) is 10.5. The van der Waals surface area contributed by atoms with Gasteiger partial charge in [-0.25, -0.2) is 4.39 Å². The van der Waals surface area contributed by atoms with E-state index in [0.29, 0.717) is 18.8 Å². The Kier molecular flexibility index (Phi) is 4.17. The van der Waals surface area contributed by atoms with Crippen molar-refractivity contribution in [3.8, 4) is 0 Å². The van der Waals surface area contributed by atoms with Gasteiger partial charge in [0, 0.05) is 18.8 Å². The SMILES string of the molecule is CCN(c1ccccc1C)c1c(F)cccc1CN. The molecule has 0 aliphatic rings. The topological polar surface area (TPSA) is 29.3 Å². The number of hydrogen-bond donors (Lipinski definition) is 1. The minimum Gasteiger partial charge on any atom is -0.339 e. The molecule has 0 atom stereocenters. The van der Waals surface area contributed by atoms with Crippen molar-refractivity contribution in [1.29, 1.82) is 0 Å². The predicted octanol–water partition coefficient (Wildman–Crippen LogP) is 3.75. The van der Waals surface area contributed by atoms with E-state index in [2.05, 4.69) is 0 Å². The van der Waals surface area contributed by atoms with Gasteiger partial charge in [-0.15, -0.1) is 0 Å². The second kappa shape index (κ2) is 5.85. The molecule has 2 aromatic carbocycles. The van der Waals surface area contributed by atoms with Crippen molar-refractivity contribution < 1.29 is 4.39 Å². The molecule has 0 saturated carbocycles. The molecule has 2 aromatic rings. The third kappa shape index (κ3) is 2.61. The Bertz CT molecular complexity index is 566. The Hall–Kier alpha value is -1.87. The van der Waals surface area contributed by atoms with Gasteiger partial charge in [-0.3, -0.25) is 0 Å². The van der Waals surface area contributed by atoms with Crippen molar-refractivity contribution in [1.82, 2.24) is 0 Å². The van der Waals surface area contributed by atoms with Crippen molar-refractivity contribution in [2.75, 3.05) is 11.4 Å². The van der Waals surface area contributed by atoms with Gasteiger partial charge in [-0.05, 0) is 37.1 Å². The van der Waals surface area contributed by atoms with Crippen molar-refractivity contribution in [2.24, 2.45) is 5.73 Å². The summed E-state index contributed by atoms with van der Waals surface area (Å²) in [6, 6.07) is 13.0. The van der Waals surface area contributed by atoms with E-state index < -0.39 is 0 Å². The summed E-state index contributed by atoms with van der Waals surface area (Å²) in [4.78, 5) is 1.98. The lowest BCUT2D eigenvalue weighted by Crippen LogP contribution is -2.21. The van der Waals surface area contributed by atoms with Crippen molar-refractivity contribution >= 4 is 11.4 Å². The zero-order chi connectivity index (χ0) is 13.8. The number of nitrogens with two attached hydrogens (primary N) is 1. The molecule has 2 rings (SSSR count). The van der Waals surface area contributed by atoms with E-state index >= 15 is 0 Å². The molecule has 0 aliphatic carbocycles. The van der Waals surface area contributed by atoms with Gasteiger partial charge in [-0.1, -0.05) is 30.3 Å². The lowest BCUT2D eigenvalue weighted by atomic mass is 10.1. The lowest BCUT2D eigenvalue weighted by molar-refractivity contribution is 0.623. The molecular formula is C16H19FN2. The van der Waals surface area contributed by atoms with E-state index in [9.17, 15) is 4.39 Å². The van der Waals surface area contributed by atoms with Crippen LogP contribution in [0.5, 0.6) is 0 Å².